The van der Waals surface area contributed by atoms with Gasteiger partial charge in [0.2, 0.25) is 0 Å². The Hall–Kier alpha value is -3.72. The largest absolute Gasteiger partial charge is 0.449 e. The summed E-state index contributed by atoms with van der Waals surface area (Å²) in [6.45, 7) is 45.4. The fourth-order valence-electron chi connectivity index (χ4n) is 3.13. The predicted molar refractivity (Wildman–Crippen MR) is 247 cm³/mol. The van der Waals surface area contributed by atoms with Crippen LogP contribution in [0.3, 0.4) is 0 Å². The summed E-state index contributed by atoms with van der Waals surface area (Å²) >= 11 is 1.72. The Morgan fingerprint density at radius 3 is 1.29 bits per heavy atom. The third-order valence-electron chi connectivity index (χ3n) is 5.63. The molecule has 0 aliphatic carbocycles. The van der Waals surface area contributed by atoms with E-state index in [1.807, 2.05) is 125 Å². The van der Waals surface area contributed by atoms with Crippen LogP contribution in [0.15, 0.2) is 83.7 Å². The molecule has 8 nitrogen and oxygen atoms in total. The van der Waals surface area contributed by atoms with Gasteiger partial charge in [0.05, 0.1) is 11.2 Å². The maximum atomic E-state index is 4.98. The van der Waals surface area contributed by atoms with Gasteiger partial charge >= 0.3 is 0 Å². The van der Waals surface area contributed by atoms with Crippen LogP contribution in [0.5, 0.6) is 0 Å². The third kappa shape index (κ3) is 35.7. The van der Waals surface area contributed by atoms with Crippen LogP contribution < -0.4 is 0 Å². The van der Waals surface area contributed by atoms with Crippen molar-refractivity contribution < 1.29 is 4.42 Å². The first kappa shape index (κ1) is 63.2. The molecule has 5 heterocycles. The molecule has 318 valence electrons. The number of hydrogen-bond acceptors (Lipinski definition) is 8. The second-order valence-corrected chi connectivity index (χ2v) is 13.9. The Labute approximate surface area is 345 Å². The topological polar surface area (TPSA) is 106 Å². The zero-order valence-electron chi connectivity index (χ0n) is 38.7. The van der Waals surface area contributed by atoms with E-state index in [4.69, 9.17) is 4.42 Å². The highest BCUT2D eigenvalue weighted by atomic mass is 32.1. The van der Waals surface area contributed by atoms with Gasteiger partial charge < -0.3 is 9.40 Å². The van der Waals surface area contributed by atoms with Gasteiger partial charge in [-0.05, 0) is 18.2 Å². The molecular formula is C46H87N7OS. The van der Waals surface area contributed by atoms with E-state index in [-0.39, 0.29) is 18.3 Å². The van der Waals surface area contributed by atoms with Gasteiger partial charge in [-0.1, -0.05) is 166 Å². The van der Waals surface area contributed by atoms with Crippen LogP contribution in [0.4, 0.5) is 0 Å². The highest BCUT2D eigenvalue weighted by Crippen LogP contribution is 2.18. The summed E-state index contributed by atoms with van der Waals surface area (Å²) in [5.74, 6) is 4.29. The summed E-state index contributed by atoms with van der Waals surface area (Å²) in [5, 5.41) is 3.24. The molecule has 0 fully saturated rings. The van der Waals surface area contributed by atoms with Crippen molar-refractivity contribution in [1.29, 1.82) is 0 Å². The molecule has 9 heteroatoms. The van der Waals surface area contributed by atoms with E-state index < -0.39 is 0 Å². The Balaban J connectivity index is -0.000000129. The molecule has 0 spiro atoms. The number of imidazole rings is 1. The van der Waals surface area contributed by atoms with E-state index >= 15 is 0 Å². The fourth-order valence-corrected chi connectivity index (χ4v) is 3.78. The Morgan fingerprint density at radius 1 is 0.545 bits per heavy atom. The van der Waals surface area contributed by atoms with E-state index in [1.54, 1.807) is 42.4 Å². The summed E-state index contributed by atoms with van der Waals surface area (Å²) in [6, 6.07) is 7.85. The summed E-state index contributed by atoms with van der Waals surface area (Å²) in [5.41, 5.74) is 1.40. The molecule has 0 aromatic carbocycles. The van der Waals surface area contributed by atoms with Crippen molar-refractivity contribution in [3.63, 3.8) is 0 Å². The van der Waals surface area contributed by atoms with Gasteiger partial charge in [0.15, 0.2) is 5.89 Å². The maximum absolute atomic E-state index is 4.98. The SMILES string of the molecule is C.CC.CC.CC.CC.CC.CC(C)(C)c1ccccn1.CC(C)(C)c1ncccn1.CC(C)c1ncc[nH]1.CC(C)c1ncco1.CC(C)c1nccs1. The third-order valence-corrected chi connectivity index (χ3v) is 6.70. The molecule has 0 unspecified atom stereocenters. The molecule has 55 heavy (non-hydrogen) atoms. The Kier molecular flexibility index (Phi) is 47.6. The van der Waals surface area contributed by atoms with Crippen molar-refractivity contribution in [1.82, 2.24) is 34.9 Å². The minimum atomic E-state index is 0. The number of nitrogens with one attached hydrogen (secondary N) is 1. The number of nitrogens with zero attached hydrogens (tertiary/aromatic N) is 6. The monoisotopic (exact) mass is 786 g/mol. The van der Waals surface area contributed by atoms with Crippen molar-refractivity contribution in [2.75, 3.05) is 0 Å². The van der Waals surface area contributed by atoms with Crippen LogP contribution in [-0.2, 0) is 10.8 Å². The molecule has 5 aromatic rings. The molecule has 0 saturated carbocycles. The predicted octanol–water partition coefficient (Wildman–Crippen LogP) is 15.5. The smallest absolute Gasteiger partial charge is 0.196 e. The first-order valence-corrected chi connectivity index (χ1v) is 21.0. The van der Waals surface area contributed by atoms with Crippen LogP contribution >= 0.6 is 11.3 Å². The van der Waals surface area contributed by atoms with E-state index in [2.05, 4.69) is 110 Å². The first-order chi connectivity index (χ1) is 25.6. The van der Waals surface area contributed by atoms with Crippen LogP contribution in [0.1, 0.15) is 206 Å². The van der Waals surface area contributed by atoms with Gasteiger partial charge in [0, 0.05) is 76.8 Å². The zero-order valence-corrected chi connectivity index (χ0v) is 39.6. The molecule has 0 radical (unpaired) electrons. The lowest BCUT2D eigenvalue weighted by Crippen LogP contribution is -2.14. The summed E-state index contributed by atoms with van der Waals surface area (Å²) in [6.07, 6.45) is 14.1. The average Bonchev–Trinajstić information content (AvgIpc) is 4.02. The first-order valence-electron chi connectivity index (χ1n) is 20.1. The number of hydrogen-bond donors (Lipinski definition) is 1. The fraction of sp³-hybridized carbons (Fsp3) is 0.609. The Morgan fingerprint density at radius 2 is 1.07 bits per heavy atom. The molecule has 0 atom stereocenters. The number of pyridine rings is 1. The normalized spacial score (nSPS) is 9.25. The summed E-state index contributed by atoms with van der Waals surface area (Å²) < 4.78 is 4.98. The standard InChI is InChI=1S/C9H13N.C8H12N2.C6H10N2.C6H9NO.C6H9NS.5C2H6.CH4/c1-9(2,3)8-6-4-5-7-10-8;1-8(2,3)7-9-5-4-6-10-7;3*1-5(2)6-7-3-4-8-6;5*1-2;/h4-7H,1-3H3;4-6H,1-3H3;3-5H,1-2H3,(H,7,8);2*3-5H,1-2H3;5*1-2H3;1H4. The molecule has 5 aromatic heterocycles. The second-order valence-electron chi connectivity index (χ2n) is 13.0. The summed E-state index contributed by atoms with van der Waals surface area (Å²) in [4.78, 5) is 27.7. The zero-order chi connectivity index (χ0) is 43.2. The molecule has 0 saturated heterocycles. The lowest BCUT2D eigenvalue weighted by molar-refractivity contribution is 0.471. The highest BCUT2D eigenvalue weighted by Gasteiger charge is 2.15. The van der Waals surface area contributed by atoms with Gasteiger partial charge in [-0.25, -0.2) is 24.9 Å². The Bertz CT molecular complexity index is 1180. The van der Waals surface area contributed by atoms with Gasteiger partial charge in [-0.15, -0.1) is 11.3 Å². The van der Waals surface area contributed by atoms with Crippen LogP contribution in [0.25, 0.3) is 0 Å². The highest BCUT2D eigenvalue weighted by molar-refractivity contribution is 7.09. The number of H-pyrrole nitrogens is 1. The maximum Gasteiger partial charge on any atom is 0.196 e. The van der Waals surface area contributed by atoms with Crippen molar-refractivity contribution in [2.24, 2.45) is 0 Å². The van der Waals surface area contributed by atoms with E-state index in [0.29, 0.717) is 17.8 Å². The van der Waals surface area contributed by atoms with Crippen molar-refractivity contribution >= 4 is 11.3 Å². The number of rotatable bonds is 3. The molecule has 5 rings (SSSR count). The van der Waals surface area contributed by atoms with Crippen molar-refractivity contribution in [3.8, 4) is 0 Å². The lowest BCUT2D eigenvalue weighted by Gasteiger charge is -2.16. The van der Waals surface area contributed by atoms with Gasteiger partial charge in [-0.3, -0.25) is 4.98 Å². The molecule has 0 aliphatic heterocycles. The summed E-state index contributed by atoms with van der Waals surface area (Å²) in [7, 11) is 0. The van der Waals surface area contributed by atoms with Crippen LogP contribution in [0, 0.1) is 0 Å². The second kappa shape index (κ2) is 41.4. The molecule has 0 amide bonds. The molecule has 1 N–H and O–H groups in total. The van der Waals surface area contributed by atoms with Gasteiger partial charge in [0.1, 0.15) is 17.9 Å². The number of oxazole rings is 1. The van der Waals surface area contributed by atoms with Gasteiger partial charge in [0.25, 0.3) is 0 Å². The molecular weight excluding hydrogens is 699 g/mol. The molecule has 0 bridgehead atoms. The average molecular weight is 786 g/mol. The number of aromatic amines is 1. The quantitative estimate of drug-likeness (QED) is 0.194. The van der Waals surface area contributed by atoms with Crippen molar-refractivity contribution in [2.45, 2.75) is 188 Å². The number of thiazole rings is 1. The van der Waals surface area contributed by atoms with E-state index in [0.717, 1.165) is 23.2 Å². The molecule has 0 aliphatic rings. The lowest BCUT2D eigenvalue weighted by atomic mass is 9.92. The van der Waals surface area contributed by atoms with Crippen LogP contribution in [0.2, 0.25) is 0 Å². The van der Waals surface area contributed by atoms with Gasteiger partial charge in [-0.2, -0.15) is 0 Å². The van der Waals surface area contributed by atoms with E-state index in [9.17, 15) is 0 Å². The van der Waals surface area contributed by atoms with E-state index in [1.165, 1.54) is 5.01 Å². The minimum Gasteiger partial charge on any atom is -0.449 e. The van der Waals surface area contributed by atoms with Crippen molar-refractivity contribution in [3.05, 3.63) is 108 Å². The number of aromatic nitrogens is 7. The van der Waals surface area contributed by atoms with Crippen LogP contribution in [-0.4, -0.2) is 34.9 Å². The minimum absolute atomic E-state index is 0.